The van der Waals surface area contributed by atoms with Crippen LogP contribution in [0, 0.1) is 0 Å². The number of hydrogen-bond donors (Lipinski definition) is 0. The zero-order chi connectivity index (χ0) is 10.7. The van der Waals surface area contributed by atoms with Crippen LogP contribution in [-0.4, -0.2) is 9.97 Å². The van der Waals surface area contributed by atoms with Gasteiger partial charge in [-0.05, 0) is 12.8 Å². The van der Waals surface area contributed by atoms with Crippen molar-refractivity contribution in [2.24, 2.45) is 0 Å². The Kier molecular flexibility index (Phi) is 3.81. The topological polar surface area (TPSA) is 25.8 Å². The summed E-state index contributed by atoms with van der Waals surface area (Å²) in [4.78, 5) is 8.54. The van der Waals surface area contributed by atoms with E-state index in [4.69, 9.17) is 23.2 Å². The first-order valence-electron chi connectivity index (χ1n) is 5.45. The normalized spacial score (nSPS) is 18.8. The van der Waals surface area contributed by atoms with Crippen LogP contribution in [-0.2, 0) is 0 Å². The summed E-state index contributed by atoms with van der Waals surface area (Å²) in [5.74, 6) is 1.28. The quantitative estimate of drug-likeness (QED) is 0.546. The fourth-order valence-electron chi connectivity index (χ4n) is 2.13. The van der Waals surface area contributed by atoms with E-state index in [9.17, 15) is 0 Å². The van der Waals surface area contributed by atoms with E-state index >= 15 is 0 Å². The van der Waals surface area contributed by atoms with Crippen molar-refractivity contribution in [2.75, 3.05) is 0 Å². The molecule has 1 aromatic heterocycles. The highest BCUT2D eigenvalue weighted by atomic mass is 35.5. The lowest BCUT2D eigenvalue weighted by molar-refractivity contribution is 0.560. The first-order valence-corrected chi connectivity index (χ1v) is 6.21. The highest BCUT2D eigenvalue weighted by Gasteiger charge is 2.17. The lowest BCUT2D eigenvalue weighted by Crippen LogP contribution is -2.04. The average molecular weight is 245 g/mol. The van der Waals surface area contributed by atoms with Gasteiger partial charge in [0.2, 0.25) is 0 Å². The summed E-state index contributed by atoms with van der Waals surface area (Å²) in [5.41, 5.74) is 0. The summed E-state index contributed by atoms with van der Waals surface area (Å²) in [6.45, 7) is 0. The molecule has 1 aliphatic carbocycles. The molecule has 0 saturated heterocycles. The van der Waals surface area contributed by atoms with Crippen LogP contribution in [0.3, 0.4) is 0 Å². The van der Waals surface area contributed by atoms with Gasteiger partial charge in [-0.15, -0.1) is 0 Å². The number of nitrogens with zero attached hydrogens (tertiary/aromatic N) is 2. The first kappa shape index (κ1) is 11.2. The van der Waals surface area contributed by atoms with Gasteiger partial charge in [0.25, 0.3) is 0 Å². The molecule has 1 fully saturated rings. The average Bonchev–Trinajstić information content (AvgIpc) is 2.43. The minimum absolute atomic E-state index is 0.448. The van der Waals surface area contributed by atoms with E-state index in [1.54, 1.807) is 6.07 Å². The smallest absolute Gasteiger partial charge is 0.134 e. The van der Waals surface area contributed by atoms with Gasteiger partial charge in [-0.2, -0.15) is 0 Å². The van der Waals surface area contributed by atoms with Gasteiger partial charge < -0.3 is 0 Å². The van der Waals surface area contributed by atoms with Crippen molar-refractivity contribution in [3.63, 3.8) is 0 Å². The standard InChI is InChI=1S/C11H14Cl2N2/c12-9-7-10(13)15-11(14-9)8-5-3-1-2-4-6-8/h7-8H,1-6H2. The lowest BCUT2D eigenvalue weighted by Gasteiger charge is -2.12. The Hall–Kier alpha value is -0.340. The Morgan fingerprint density at radius 2 is 1.47 bits per heavy atom. The van der Waals surface area contributed by atoms with E-state index in [1.807, 2.05) is 0 Å². The molecule has 0 radical (unpaired) electrons. The van der Waals surface area contributed by atoms with E-state index in [0.29, 0.717) is 16.2 Å². The Bertz CT molecular complexity index is 313. The summed E-state index contributed by atoms with van der Waals surface area (Å²) in [5, 5.41) is 0.906. The van der Waals surface area contributed by atoms with Gasteiger partial charge in [0.15, 0.2) is 0 Å². The Balaban J connectivity index is 2.19. The zero-order valence-corrected chi connectivity index (χ0v) is 10.1. The summed E-state index contributed by atoms with van der Waals surface area (Å²) in [6, 6.07) is 1.59. The van der Waals surface area contributed by atoms with Gasteiger partial charge >= 0.3 is 0 Å². The Morgan fingerprint density at radius 3 is 2.00 bits per heavy atom. The molecule has 1 aliphatic rings. The molecule has 82 valence electrons. The maximum absolute atomic E-state index is 5.87. The van der Waals surface area contributed by atoms with Gasteiger partial charge in [0.05, 0.1) is 0 Å². The van der Waals surface area contributed by atoms with Gasteiger partial charge in [-0.1, -0.05) is 48.9 Å². The second kappa shape index (κ2) is 5.13. The summed E-state index contributed by atoms with van der Waals surface area (Å²) in [7, 11) is 0. The predicted molar refractivity (Wildman–Crippen MR) is 62.5 cm³/mol. The molecule has 0 aromatic carbocycles. The SMILES string of the molecule is Clc1cc(Cl)nc(C2CCCCCC2)n1. The van der Waals surface area contributed by atoms with Crippen LogP contribution in [0.25, 0.3) is 0 Å². The third-order valence-electron chi connectivity index (χ3n) is 2.90. The predicted octanol–water partition coefficient (Wildman–Crippen LogP) is 4.22. The highest BCUT2D eigenvalue weighted by molar-refractivity contribution is 6.33. The van der Waals surface area contributed by atoms with Crippen LogP contribution in [0.5, 0.6) is 0 Å². The van der Waals surface area contributed by atoms with Crippen molar-refractivity contribution in [1.82, 2.24) is 9.97 Å². The summed E-state index contributed by atoms with van der Waals surface area (Å²) >= 11 is 11.7. The molecular weight excluding hydrogens is 231 g/mol. The maximum Gasteiger partial charge on any atom is 0.134 e. The van der Waals surface area contributed by atoms with E-state index < -0.39 is 0 Å². The van der Waals surface area contributed by atoms with Gasteiger partial charge in [0.1, 0.15) is 16.1 Å². The van der Waals surface area contributed by atoms with Crippen molar-refractivity contribution in [2.45, 2.75) is 44.4 Å². The monoisotopic (exact) mass is 244 g/mol. The molecule has 15 heavy (non-hydrogen) atoms. The molecule has 2 nitrogen and oxygen atoms in total. The molecule has 0 unspecified atom stereocenters. The Morgan fingerprint density at radius 1 is 0.933 bits per heavy atom. The first-order chi connectivity index (χ1) is 7.25. The molecule has 1 heterocycles. The van der Waals surface area contributed by atoms with E-state index in [-0.39, 0.29) is 0 Å². The second-order valence-corrected chi connectivity index (χ2v) is 4.83. The zero-order valence-electron chi connectivity index (χ0n) is 8.55. The minimum Gasteiger partial charge on any atom is -0.221 e. The third kappa shape index (κ3) is 3.05. The Labute approximate surface area is 100 Å². The number of hydrogen-bond acceptors (Lipinski definition) is 2. The second-order valence-electron chi connectivity index (χ2n) is 4.06. The van der Waals surface area contributed by atoms with E-state index in [2.05, 4.69) is 9.97 Å². The van der Waals surface area contributed by atoms with Gasteiger partial charge in [0, 0.05) is 12.0 Å². The fraction of sp³-hybridized carbons (Fsp3) is 0.636. The van der Waals surface area contributed by atoms with Crippen LogP contribution < -0.4 is 0 Å². The molecule has 2 rings (SSSR count). The lowest BCUT2D eigenvalue weighted by atomic mass is 10.00. The van der Waals surface area contributed by atoms with Crippen LogP contribution in [0.15, 0.2) is 6.07 Å². The van der Waals surface area contributed by atoms with Crippen LogP contribution >= 0.6 is 23.2 Å². The van der Waals surface area contributed by atoms with Gasteiger partial charge in [-0.3, -0.25) is 0 Å². The van der Waals surface area contributed by atoms with Crippen LogP contribution in [0.2, 0.25) is 10.3 Å². The van der Waals surface area contributed by atoms with Crippen molar-refractivity contribution >= 4 is 23.2 Å². The largest absolute Gasteiger partial charge is 0.221 e. The minimum atomic E-state index is 0.448. The fourth-order valence-corrected chi connectivity index (χ4v) is 2.56. The molecular formula is C11H14Cl2N2. The highest BCUT2D eigenvalue weighted by Crippen LogP contribution is 2.30. The molecule has 4 heteroatoms. The molecule has 0 spiro atoms. The van der Waals surface area contributed by atoms with Crippen LogP contribution in [0.1, 0.15) is 50.3 Å². The van der Waals surface area contributed by atoms with Crippen molar-refractivity contribution in [3.05, 3.63) is 22.2 Å². The van der Waals surface area contributed by atoms with E-state index in [1.165, 1.54) is 25.7 Å². The third-order valence-corrected chi connectivity index (χ3v) is 3.29. The number of rotatable bonds is 1. The summed E-state index contributed by atoms with van der Waals surface area (Å²) in [6.07, 6.45) is 7.50. The molecule has 0 N–H and O–H groups in total. The molecule has 0 aliphatic heterocycles. The number of aromatic nitrogens is 2. The van der Waals surface area contributed by atoms with Crippen molar-refractivity contribution < 1.29 is 0 Å². The number of halogens is 2. The maximum atomic E-state index is 5.87. The molecule has 0 bridgehead atoms. The van der Waals surface area contributed by atoms with Crippen molar-refractivity contribution in [3.8, 4) is 0 Å². The van der Waals surface area contributed by atoms with E-state index in [0.717, 1.165) is 18.7 Å². The molecule has 1 saturated carbocycles. The van der Waals surface area contributed by atoms with Gasteiger partial charge in [-0.25, -0.2) is 9.97 Å². The molecule has 0 atom stereocenters. The van der Waals surface area contributed by atoms with Crippen molar-refractivity contribution in [1.29, 1.82) is 0 Å². The molecule has 1 aromatic rings. The van der Waals surface area contributed by atoms with Crippen LogP contribution in [0.4, 0.5) is 0 Å². The molecule has 0 amide bonds. The summed E-state index contributed by atoms with van der Waals surface area (Å²) < 4.78 is 0.